The van der Waals surface area contributed by atoms with Crippen LogP contribution >= 0.6 is 0 Å². The number of rotatable bonds is 5. The zero-order valence-electron chi connectivity index (χ0n) is 10.2. The van der Waals surface area contributed by atoms with Gasteiger partial charge in [0.1, 0.15) is 0 Å². The summed E-state index contributed by atoms with van der Waals surface area (Å²) in [7, 11) is 0. The molecule has 6 nitrogen and oxygen atoms in total. The van der Waals surface area contributed by atoms with Gasteiger partial charge in [-0.1, -0.05) is 12.1 Å². The van der Waals surface area contributed by atoms with Crippen LogP contribution in [0.15, 0.2) is 10.6 Å². The third-order valence-electron chi connectivity index (χ3n) is 2.92. The maximum Gasteiger partial charge on any atom is 0.240 e. The Labute approximate surface area is 100 Å². The Balaban J connectivity index is 1.83. The van der Waals surface area contributed by atoms with E-state index < -0.39 is 0 Å². The lowest BCUT2D eigenvalue weighted by Crippen LogP contribution is -2.58. The van der Waals surface area contributed by atoms with Crippen molar-refractivity contribution in [1.29, 1.82) is 0 Å². The van der Waals surface area contributed by atoms with E-state index in [2.05, 4.69) is 27.6 Å². The van der Waals surface area contributed by atoms with Gasteiger partial charge >= 0.3 is 0 Å². The summed E-state index contributed by atoms with van der Waals surface area (Å²) in [6.07, 6.45) is 0. The number of carbonyl (C=O) groups excluding carboxylic acids is 1. The highest BCUT2D eigenvalue weighted by Crippen LogP contribution is 2.09. The van der Waals surface area contributed by atoms with E-state index in [9.17, 15) is 4.79 Å². The Morgan fingerprint density at radius 2 is 2.47 bits per heavy atom. The van der Waals surface area contributed by atoms with Crippen LogP contribution in [0.2, 0.25) is 0 Å². The van der Waals surface area contributed by atoms with Gasteiger partial charge in [-0.15, -0.1) is 0 Å². The molecule has 0 atom stereocenters. The van der Waals surface area contributed by atoms with Crippen LogP contribution in [0, 0.1) is 6.92 Å². The highest BCUT2D eigenvalue weighted by molar-refractivity contribution is 5.91. The zero-order valence-corrected chi connectivity index (χ0v) is 10.2. The molecule has 0 aliphatic carbocycles. The summed E-state index contributed by atoms with van der Waals surface area (Å²) < 4.78 is 4.94. The quantitative estimate of drug-likeness (QED) is 0.767. The molecule has 1 aromatic rings. The lowest BCUT2D eigenvalue weighted by molar-refractivity contribution is -0.118. The Hall–Kier alpha value is -1.40. The van der Waals surface area contributed by atoms with Crippen molar-refractivity contribution in [2.24, 2.45) is 0 Å². The average Bonchev–Trinajstić information content (AvgIpc) is 2.60. The molecule has 1 aromatic heterocycles. The van der Waals surface area contributed by atoms with Crippen LogP contribution in [0.3, 0.4) is 0 Å². The van der Waals surface area contributed by atoms with Gasteiger partial charge in [0.15, 0.2) is 0 Å². The van der Waals surface area contributed by atoms with Crippen LogP contribution in [-0.2, 0) is 4.79 Å². The highest BCUT2D eigenvalue weighted by Gasteiger charge is 2.25. The molecule has 2 rings (SSSR count). The second kappa shape index (κ2) is 5.29. The minimum atomic E-state index is -0.0603. The summed E-state index contributed by atoms with van der Waals surface area (Å²) in [5, 5.41) is 9.62. The van der Waals surface area contributed by atoms with Crippen molar-refractivity contribution in [3.8, 4) is 0 Å². The Morgan fingerprint density at radius 1 is 1.71 bits per heavy atom. The molecule has 1 amide bonds. The molecule has 1 aliphatic rings. The van der Waals surface area contributed by atoms with Crippen LogP contribution in [0.5, 0.6) is 0 Å². The fraction of sp³-hybridized carbons (Fsp3) is 0.636. The van der Waals surface area contributed by atoms with Gasteiger partial charge in [0.25, 0.3) is 0 Å². The molecule has 0 radical (unpaired) electrons. The third kappa shape index (κ3) is 3.04. The number of nitrogens with one attached hydrogen (secondary N) is 2. The van der Waals surface area contributed by atoms with Crippen molar-refractivity contribution < 1.29 is 9.32 Å². The maximum absolute atomic E-state index is 11.8. The number of nitrogens with zero attached hydrogens (tertiary/aromatic N) is 2. The predicted octanol–water partition coefficient (Wildman–Crippen LogP) is 0.215. The molecule has 17 heavy (non-hydrogen) atoms. The lowest BCUT2D eigenvalue weighted by atomic mass is 10.1. The number of hydrogen-bond donors (Lipinski definition) is 2. The van der Waals surface area contributed by atoms with E-state index in [1.54, 1.807) is 6.07 Å². The van der Waals surface area contributed by atoms with Crippen molar-refractivity contribution in [3.63, 3.8) is 0 Å². The Kier molecular flexibility index (Phi) is 3.75. The highest BCUT2D eigenvalue weighted by atomic mass is 16.5. The van der Waals surface area contributed by atoms with E-state index in [1.165, 1.54) is 0 Å². The minimum absolute atomic E-state index is 0.0603. The molecule has 1 fully saturated rings. The maximum atomic E-state index is 11.8. The minimum Gasteiger partial charge on any atom is -0.338 e. The van der Waals surface area contributed by atoms with E-state index in [0.29, 0.717) is 18.5 Å². The van der Waals surface area contributed by atoms with Gasteiger partial charge in [-0.25, -0.2) is 0 Å². The van der Waals surface area contributed by atoms with Gasteiger partial charge in [0, 0.05) is 25.2 Å². The summed E-state index contributed by atoms with van der Waals surface area (Å²) in [4.78, 5) is 13.9. The summed E-state index contributed by atoms with van der Waals surface area (Å²) in [6, 6.07) is 2.18. The first kappa shape index (κ1) is 12.1. The van der Waals surface area contributed by atoms with E-state index >= 15 is 0 Å². The number of likely N-dealkylation sites (N-methyl/N-ethyl adjacent to an activating group) is 1. The Bertz CT molecular complexity index is 387. The molecule has 1 aliphatic heterocycles. The molecule has 1 saturated heterocycles. The number of hydrogen-bond acceptors (Lipinski definition) is 5. The first-order chi connectivity index (χ1) is 8.19. The number of carbonyl (C=O) groups is 1. The summed E-state index contributed by atoms with van der Waals surface area (Å²) in [5.74, 6) is 0.352. The smallest absolute Gasteiger partial charge is 0.240 e. The van der Waals surface area contributed by atoms with Crippen LogP contribution in [0.4, 0.5) is 5.88 Å². The van der Waals surface area contributed by atoms with Gasteiger partial charge in [-0.2, -0.15) is 0 Å². The standard InChI is InChI=1S/C11H18N4O2/c1-3-15(9-5-12-6-9)7-10(16)13-11-4-8(2)14-17-11/h4,9,12H,3,5-7H2,1-2H3,(H,13,16). The summed E-state index contributed by atoms with van der Waals surface area (Å²) >= 11 is 0. The van der Waals surface area contributed by atoms with Crippen LogP contribution < -0.4 is 10.6 Å². The molecule has 2 N–H and O–H groups in total. The number of anilines is 1. The molecular formula is C11H18N4O2. The fourth-order valence-electron chi connectivity index (χ4n) is 1.81. The van der Waals surface area contributed by atoms with Gasteiger partial charge in [-0.3, -0.25) is 15.0 Å². The molecule has 0 unspecified atom stereocenters. The first-order valence-corrected chi connectivity index (χ1v) is 5.87. The van der Waals surface area contributed by atoms with E-state index in [4.69, 9.17) is 4.52 Å². The predicted molar refractivity (Wildman–Crippen MR) is 63.8 cm³/mol. The number of aryl methyl sites for hydroxylation is 1. The van der Waals surface area contributed by atoms with Gasteiger partial charge in [0.2, 0.25) is 11.8 Å². The fourth-order valence-corrected chi connectivity index (χ4v) is 1.81. The van der Waals surface area contributed by atoms with Crippen LogP contribution in [0.25, 0.3) is 0 Å². The van der Waals surface area contributed by atoms with Crippen LogP contribution in [-0.4, -0.2) is 48.2 Å². The van der Waals surface area contributed by atoms with E-state index in [-0.39, 0.29) is 5.91 Å². The van der Waals surface area contributed by atoms with E-state index in [0.717, 1.165) is 25.3 Å². The lowest BCUT2D eigenvalue weighted by Gasteiger charge is -2.37. The van der Waals surface area contributed by atoms with Gasteiger partial charge in [0.05, 0.1) is 12.2 Å². The molecule has 0 bridgehead atoms. The van der Waals surface area contributed by atoms with Crippen LogP contribution in [0.1, 0.15) is 12.6 Å². The van der Waals surface area contributed by atoms with E-state index in [1.807, 2.05) is 6.92 Å². The first-order valence-electron chi connectivity index (χ1n) is 5.87. The summed E-state index contributed by atoms with van der Waals surface area (Å²) in [5.41, 5.74) is 0.760. The number of amides is 1. The molecule has 0 saturated carbocycles. The summed E-state index contributed by atoms with van der Waals surface area (Å²) in [6.45, 7) is 7.06. The van der Waals surface area contributed by atoms with Crippen molar-refractivity contribution in [3.05, 3.63) is 11.8 Å². The van der Waals surface area contributed by atoms with Crippen molar-refractivity contribution >= 4 is 11.8 Å². The molecule has 2 heterocycles. The van der Waals surface area contributed by atoms with Gasteiger partial charge < -0.3 is 9.84 Å². The SMILES string of the molecule is CCN(CC(=O)Nc1cc(C)no1)C1CNC1. The normalized spacial score (nSPS) is 15.9. The monoisotopic (exact) mass is 238 g/mol. The number of aromatic nitrogens is 1. The molecule has 94 valence electrons. The molecule has 0 spiro atoms. The van der Waals surface area contributed by atoms with Crippen molar-refractivity contribution in [2.45, 2.75) is 19.9 Å². The second-order valence-corrected chi connectivity index (χ2v) is 4.26. The Morgan fingerprint density at radius 3 is 2.94 bits per heavy atom. The largest absolute Gasteiger partial charge is 0.338 e. The second-order valence-electron chi connectivity index (χ2n) is 4.26. The third-order valence-corrected chi connectivity index (χ3v) is 2.92. The topological polar surface area (TPSA) is 70.4 Å². The zero-order chi connectivity index (χ0) is 12.3. The average molecular weight is 238 g/mol. The van der Waals surface area contributed by atoms with Crippen molar-refractivity contribution in [1.82, 2.24) is 15.4 Å². The molecule has 6 heteroatoms. The molecular weight excluding hydrogens is 220 g/mol. The van der Waals surface area contributed by atoms with Crippen molar-refractivity contribution in [2.75, 3.05) is 31.5 Å². The molecule has 0 aromatic carbocycles. The van der Waals surface area contributed by atoms with Gasteiger partial charge in [-0.05, 0) is 13.5 Å².